The van der Waals surface area contributed by atoms with Gasteiger partial charge in [0.2, 0.25) is 0 Å². The van der Waals surface area contributed by atoms with Crippen molar-refractivity contribution in [3.05, 3.63) is 24.3 Å². The zero-order valence-corrected chi connectivity index (χ0v) is 6.41. The van der Waals surface area contributed by atoms with Gasteiger partial charge in [-0.15, -0.1) is 0 Å². The number of hydrogen-bond donors (Lipinski definition) is 0. The molecule has 0 fully saturated rings. The van der Waals surface area contributed by atoms with Crippen LogP contribution in [0, 0.1) is 0 Å². The minimum absolute atomic E-state index is 0.0765. The summed E-state index contributed by atoms with van der Waals surface area (Å²) in [7, 11) is -0.0765. The highest BCUT2D eigenvalue weighted by molar-refractivity contribution is 6.47. The molecule has 0 radical (unpaired) electrons. The lowest BCUT2D eigenvalue weighted by Gasteiger charge is -1.98. The molecule has 1 aliphatic heterocycles. The van der Waals surface area contributed by atoms with Crippen molar-refractivity contribution in [2.75, 3.05) is 0 Å². The highest BCUT2D eigenvalue weighted by Gasteiger charge is 2.28. The van der Waals surface area contributed by atoms with E-state index in [1.807, 2.05) is 31.2 Å². The van der Waals surface area contributed by atoms with Gasteiger partial charge in [0.05, 0.1) is 0 Å². The second-order valence-electron chi connectivity index (χ2n) is 2.52. The fraction of sp³-hybridized carbons (Fsp3) is 0.250. The van der Waals surface area contributed by atoms with Crippen LogP contribution in [0.2, 0.25) is 6.32 Å². The van der Waals surface area contributed by atoms with Gasteiger partial charge in [-0.3, -0.25) is 0 Å². The van der Waals surface area contributed by atoms with Crippen molar-refractivity contribution in [2.24, 2.45) is 0 Å². The predicted octanol–water partition coefficient (Wildman–Crippen LogP) is 1.97. The molecule has 0 aliphatic carbocycles. The number of fused-ring (bicyclic) bond motifs is 1. The van der Waals surface area contributed by atoms with Gasteiger partial charge in [-0.05, 0) is 12.1 Å². The zero-order chi connectivity index (χ0) is 7.68. The first-order chi connectivity index (χ1) is 5.40. The third kappa shape index (κ3) is 1.07. The molecular weight excluding hydrogens is 139 g/mol. The van der Waals surface area contributed by atoms with E-state index in [9.17, 15) is 0 Å². The number of para-hydroxylation sites is 2. The zero-order valence-electron chi connectivity index (χ0n) is 6.41. The van der Waals surface area contributed by atoms with Crippen LogP contribution in [0.5, 0.6) is 11.5 Å². The van der Waals surface area contributed by atoms with Crippen LogP contribution in [0.25, 0.3) is 0 Å². The van der Waals surface area contributed by atoms with Crippen molar-refractivity contribution in [3.63, 3.8) is 0 Å². The quantitative estimate of drug-likeness (QED) is 0.566. The van der Waals surface area contributed by atoms with E-state index in [2.05, 4.69) is 0 Å². The molecule has 0 unspecified atom stereocenters. The van der Waals surface area contributed by atoms with Crippen LogP contribution in [-0.2, 0) is 0 Å². The summed E-state index contributed by atoms with van der Waals surface area (Å²) in [5.41, 5.74) is 0. The Morgan fingerprint density at radius 3 is 2.18 bits per heavy atom. The van der Waals surface area contributed by atoms with Gasteiger partial charge in [-0.2, -0.15) is 0 Å². The molecule has 0 atom stereocenters. The first kappa shape index (κ1) is 6.59. The second kappa shape index (κ2) is 2.49. The van der Waals surface area contributed by atoms with Crippen LogP contribution in [-0.4, -0.2) is 7.12 Å². The first-order valence-corrected chi connectivity index (χ1v) is 3.82. The summed E-state index contributed by atoms with van der Waals surface area (Å²) in [5.74, 6) is 1.72. The molecule has 3 heteroatoms. The number of hydrogen-bond acceptors (Lipinski definition) is 2. The molecule has 11 heavy (non-hydrogen) atoms. The van der Waals surface area contributed by atoms with E-state index in [-0.39, 0.29) is 7.12 Å². The standard InChI is InChI=1S/C8H9BO2/c1-2-9-10-7-5-3-4-6-8(7)11-9/h3-6H,2H2,1H3. The lowest BCUT2D eigenvalue weighted by Crippen LogP contribution is -2.22. The van der Waals surface area contributed by atoms with Crippen molar-refractivity contribution < 1.29 is 9.31 Å². The van der Waals surface area contributed by atoms with Crippen molar-refractivity contribution in [1.29, 1.82) is 0 Å². The van der Waals surface area contributed by atoms with Gasteiger partial charge in [-0.1, -0.05) is 19.1 Å². The molecule has 1 aromatic rings. The van der Waals surface area contributed by atoms with Gasteiger partial charge >= 0.3 is 7.12 Å². The van der Waals surface area contributed by atoms with Crippen LogP contribution in [0.3, 0.4) is 0 Å². The van der Waals surface area contributed by atoms with E-state index >= 15 is 0 Å². The molecule has 1 aliphatic rings. The Bertz CT molecular complexity index is 237. The molecule has 0 bridgehead atoms. The van der Waals surface area contributed by atoms with Crippen LogP contribution in [0.4, 0.5) is 0 Å². The van der Waals surface area contributed by atoms with Gasteiger partial charge in [0.1, 0.15) is 11.5 Å². The molecule has 1 aromatic carbocycles. The lowest BCUT2D eigenvalue weighted by atomic mass is 9.87. The van der Waals surface area contributed by atoms with Crippen molar-refractivity contribution >= 4 is 7.12 Å². The summed E-state index contributed by atoms with van der Waals surface area (Å²) in [6.45, 7) is 2.04. The van der Waals surface area contributed by atoms with Gasteiger partial charge in [-0.25, -0.2) is 0 Å². The highest BCUT2D eigenvalue weighted by atomic mass is 16.6. The monoisotopic (exact) mass is 148 g/mol. The summed E-state index contributed by atoms with van der Waals surface area (Å²) in [4.78, 5) is 0. The molecular formula is C8H9BO2. The maximum absolute atomic E-state index is 5.43. The lowest BCUT2D eigenvalue weighted by molar-refractivity contribution is 0.499. The molecule has 1 heterocycles. The Hall–Kier alpha value is -1.12. The first-order valence-electron chi connectivity index (χ1n) is 3.82. The summed E-state index contributed by atoms with van der Waals surface area (Å²) < 4.78 is 10.9. The van der Waals surface area contributed by atoms with E-state index in [4.69, 9.17) is 9.31 Å². The molecule has 0 amide bonds. The van der Waals surface area contributed by atoms with E-state index in [0.29, 0.717) is 0 Å². The van der Waals surface area contributed by atoms with Gasteiger partial charge in [0.15, 0.2) is 0 Å². The third-order valence-electron chi connectivity index (χ3n) is 1.70. The average Bonchev–Trinajstić information content (AvgIpc) is 2.46. The smallest absolute Gasteiger partial charge is 0.523 e. The maximum atomic E-state index is 5.43. The topological polar surface area (TPSA) is 18.5 Å². The van der Waals surface area contributed by atoms with E-state index in [1.54, 1.807) is 0 Å². The summed E-state index contributed by atoms with van der Waals surface area (Å²) in [6, 6.07) is 7.73. The fourth-order valence-electron chi connectivity index (χ4n) is 1.12. The third-order valence-corrected chi connectivity index (χ3v) is 1.70. The largest absolute Gasteiger partial charge is 0.594 e. The summed E-state index contributed by atoms with van der Waals surface area (Å²) in [5, 5.41) is 0. The van der Waals surface area contributed by atoms with E-state index in [1.165, 1.54) is 0 Å². The van der Waals surface area contributed by atoms with Crippen LogP contribution < -0.4 is 9.31 Å². The Labute approximate surface area is 66.3 Å². The van der Waals surface area contributed by atoms with Crippen molar-refractivity contribution in [3.8, 4) is 11.5 Å². The van der Waals surface area contributed by atoms with Gasteiger partial charge in [0, 0.05) is 6.32 Å². The Balaban J connectivity index is 2.27. The molecule has 56 valence electrons. The Kier molecular flexibility index (Phi) is 1.49. The summed E-state index contributed by atoms with van der Waals surface area (Å²) in [6.07, 6.45) is 0.884. The van der Waals surface area contributed by atoms with Crippen molar-refractivity contribution in [2.45, 2.75) is 13.2 Å². The maximum Gasteiger partial charge on any atom is 0.594 e. The molecule has 2 rings (SSSR count). The minimum atomic E-state index is -0.0765. The fourth-order valence-corrected chi connectivity index (χ4v) is 1.12. The number of rotatable bonds is 1. The normalized spacial score (nSPS) is 13.7. The predicted molar refractivity (Wildman–Crippen MR) is 43.9 cm³/mol. The van der Waals surface area contributed by atoms with Crippen molar-refractivity contribution in [1.82, 2.24) is 0 Å². The number of benzene rings is 1. The van der Waals surface area contributed by atoms with Gasteiger partial charge < -0.3 is 9.31 Å². The molecule has 0 saturated carbocycles. The van der Waals surface area contributed by atoms with Crippen LogP contribution in [0.1, 0.15) is 6.92 Å². The van der Waals surface area contributed by atoms with Gasteiger partial charge in [0.25, 0.3) is 0 Å². The average molecular weight is 148 g/mol. The SMILES string of the molecule is CCB1Oc2ccccc2O1. The summed E-state index contributed by atoms with van der Waals surface area (Å²) >= 11 is 0. The molecule has 0 spiro atoms. The van der Waals surface area contributed by atoms with Crippen LogP contribution >= 0.6 is 0 Å². The molecule has 2 nitrogen and oxygen atoms in total. The minimum Gasteiger partial charge on any atom is -0.523 e. The molecule has 0 aromatic heterocycles. The second-order valence-corrected chi connectivity index (χ2v) is 2.52. The van der Waals surface area contributed by atoms with E-state index in [0.717, 1.165) is 17.8 Å². The van der Waals surface area contributed by atoms with Crippen LogP contribution in [0.15, 0.2) is 24.3 Å². The molecule has 0 N–H and O–H groups in total. The molecule has 0 saturated heterocycles. The van der Waals surface area contributed by atoms with E-state index < -0.39 is 0 Å². The highest BCUT2D eigenvalue weighted by Crippen LogP contribution is 2.33. The Morgan fingerprint density at radius 2 is 1.73 bits per heavy atom. The Morgan fingerprint density at radius 1 is 1.18 bits per heavy atom.